The molecule has 0 aliphatic carbocycles. The lowest BCUT2D eigenvalue weighted by atomic mass is 10.1. The molecule has 0 spiro atoms. The van der Waals surface area contributed by atoms with Gasteiger partial charge in [-0.15, -0.1) is 0 Å². The number of esters is 1. The van der Waals surface area contributed by atoms with E-state index in [-0.39, 0.29) is 5.69 Å². The average Bonchev–Trinajstić information content (AvgIpc) is 2.43. The molecule has 5 heteroatoms. The summed E-state index contributed by atoms with van der Waals surface area (Å²) < 4.78 is 4.67. The van der Waals surface area contributed by atoms with Gasteiger partial charge >= 0.3 is 5.97 Å². The standard InChI is InChI=1S/C16H19N3O2/c1-9-7-10(2)14(11(3)8-9)19-15-12(17)5-6-13(18-15)16(20)21-4/h5-8H,17H2,1-4H3,(H,18,19). The molecule has 5 nitrogen and oxygen atoms in total. The van der Waals surface area contributed by atoms with Crippen molar-refractivity contribution < 1.29 is 9.53 Å². The molecule has 1 aromatic heterocycles. The van der Waals surface area contributed by atoms with E-state index in [1.807, 2.05) is 20.8 Å². The van der Waals surface area contributed by atoms with Crippen LogP contribution in [0.3, 0.4) is 0 Å². The normalized spacial score (nSPS) is 10.3. The minimum absolute atomic E-state index is 0.219. The van der Waals surface area contributed by atoms with Crippen LogP contribution in [0.25, 0.3) is 0 Å². The molecule has 1 heterocycles. The third-order valence-corrected chi connectivity index (χ3v) is 3.24. The number of ether oxygens (including phenoxy) is 1. The molecule has 0 fully saturated rings. The van der Waals surface area contributed by atoms with Gasteiger partial charge in [0.25, 0.3) is 0 Å². The first kappa shape index (κ1) is 14.8. The topological polar surface area (TPSA) is 77.2 Å². The number of hydrogen-bond donors (Lipinski definition) is 2. The second-order valence-corrected chi connectivity index (χ2v) is 5.02. The van der Waals surface area contributed by atoms with Crippen molar-refractivity contribution in [2.45, 2.75) is 20.8 Å². The molecular formula is C16H19N3O2. The number of aromatic nitrogens is 1. The lowest BCUT2D eigenvalue weighted by Gasteiger charge is -2.15. The highest BCUT2D eigenvalue weighted by molar-refractivity contribution is 5.89. The Kier molecular flexibility index (Phi) is 4.12. The molecule has 21 heavy (non-hydrogen) atoms. The fourth-order valence-electron chi connectivity index (χ4n) is 2.28. The van der Waals surface area contributed by atoms with E-state index < -0.39 is 5.97 Å². The number of pyridine rings is 1. The molecule has 0 unspecified atom stereocenters. The highest BCUT2D eigenvalue weighted by atomic mass is 16.5. The van der Waals surface area contributed by atoms with Gasteiger partial charge in [0.15, 0.2) is 11.5 Å². The molecule has 110 valence electrons. The van der Waals surface area contributed by atoms with Crippen molar-refractivity contribution in [3.63, 3.8) is 0 Å². The third-order valence-electron chi connectivity index (χ3n) is 3.24. The van der Waals surface area contributed by atoms with Gasteiger partial charge < -0.3 is 15.8 Å². The maximum absolute atomic E-state index is 11.6. The number of benzene rings is 1. The summed E-state index contributed by atoms with van der Waals surface area (Å²) in [4.78, 5) is 15.8. The molecule has 0 aliphatic rings. The first-order valence-electron chi connectivity index (χ1n) is 6.62. The summed E-state index contributed by atoms with van der Waals surface area (Å²) in [5.74, 6) is -0.0386. The Hall–Kier alpha value is -2.56. The van der Waals surface area contributed by atoms with Crippen LogP contribution >= 0.6 is 0 Å². The van der Waals surface area contributed by atoms with Crippen molar-refractivity contribution in [3.05, 3.63) is 46.6 Å². The molecule has 2 aromatic rings. The fraction of sp³-hybridized carbons (Fsp3) is 0.250. The molecule has 1 aromatic carbocycles. The molecule has 0 saturated heterocycles. The highest BCUT2D eigenvalue weighted by Crippen LogP contribution is 2.27. The first-order chi connectivity index (χ1) is 9.92. The predicted octanol–water partition coefficient (Wildman–Crippen LogP) is 3.12. The van der Waals surface area contributed by atoms with Crippen LogP contribution in [0.4, 0.5) is 17.2 Å². The van der Waals surface area contributed by atoms with Gasteiger partial charge in [0, 0.05) is 5.69 Å². The number of nitrogen functional groups attached to an aromatic ring is 1. The van der Waals surface area contributed by atoms with Crippen molar-refractivity contribution in [3.8, 4) is 0 Å². The summed E-state index contributed by atoms with van der Waals surface area (Å²) in [6.45, 7) is 6.08. The molecule has 0 atom stereocenters. The number of anilines is 3. The molecule has 0 saturated carbocycles. The van der Waals surface area contributed by atoms with Crippen LogP contribution in [-0.4, -0.2) is 18.1 Å². The van der Waals surface area contributed by atoms with Crippen molar-refractivity contribution in [1.82, 2.24) is 4.98 Å². The van der Waals surface area contributed by atoms with Crippen molar-refractivity contribution >= 4 is 23.2 Å². The zero-order valence-corrected chi connectivity index (χ0v) is 12.7. The van der Waals surface area contributed by atoms with Gasteiger partial charge in [-0.25, -0.2) is 9.78 Å². The van der Waals surface area contributed by atoms with Crippen LogP contribution in [0.2, 0.25) is 0 Å². The number of nitrogens with zero attached hydrogens (tertiary/aromatic N) is 1. The maximum atomic E-state index is 11.6. The number of carbonyl (C=O) groups is 1. The summed E-state index contributed by atoms with van der Waals surface area (Å²) in [5.41, 5.74) is 11.0. The number of rotatable bonds is 3. The molecule has 3 N–H and O–H groups in total. The van der Waals surface area contributed by atoms with Crippen molar-refractivity contribution in [2.75, 3.05) is 18.2 Å². The smallest absolute Gasteiger partial charge is 0.356 e. The van der Waals surface area contributed by atoms with E-state index in [0.717, 1.165) is 16.8 Å². The quantitative estimate of drug-likeness (QED) is 0.847. The van der Waals surface area contributed by atoms with E-state index in [9.17, 15) is 4.79 Å². The molecule has 0 aliphatic heterocycles. The SMILES string of the molecule is COC(=O)c1ccc(N)c(Nc2c(C)cc(C)cc2C)n1. The Bertz CT molecular complexity index is 673. The van der Waals surface area contributed by atoms with Gasteiger partial charge in [-0.05, 0) is 44.0 Å². The Morgan fingerprint density at radius 2 is 1.81 bits per heavy atom. The zero-order chi connectivity index (χ0) is 15.6. The number of nitrogens with one attached hydrogen (secondary N) is 1. The van der Waals surface area contributed by atoms with Crippen LogP contribution in [0.1, 0.15) is 27.2 Å². The summed E-state index contributed by atoms with van der Waals surface area (Å²) in [6.07, 6.45) is 0. The van der Waals surface area contributed by atoms with Crippen molar-refractivity contribution in [2.24, 2.45) is 0 Å². The molecular weight excluding hydrogens is 266 g/mol. The first-order valence-corrected chi connectivity index (χ1v) is 6.62. The maximum Gasteiger partial charge on any atom is 0.356 e. The Morgan fingerprint density at radius 3 is 2.38 bits per heavy atom. The van der Waals surface area contributed by atoms with Crippen LogP contribution in [0.5, 0.6) is 0 Å². The van der Waals surface area contributed by atoms with E-state index in [0.29, 0.717) is 11.5 Å². The summed E-state index contributed by atoms with van der Waals surface area (Å²) >= 11 is 0. The van der Waals surface area contributed by atoms with Gasteiger partial charge in [-0.1, -0.05) is 17.7 Å². The lowest BCUT2D eigenvalue weighted by Crippen LogP contribution is -2.08. The van der Waals surface area contributed by atoms with Gasteiger partial charge in [0.2, 0.25) is 0 Å². The Morgan fingerprint density at radius 1 is 1.19 bits per heavy atom. The second kappa shape index (κ2) is 5.83. The largest absolute Gasteiger partial charge is 0.464 e. The third kappa shape index (κ3) is 3.13. The van der Waals surface area contributed by atoms with E-state index in [2.05, 4.69) is 27.2 Å². The number of methoxy groups -OCH3 is 1. The summed E-state index contributed by atoms with van der Waals surface area (Å²) in [6, 6.07) is 7.34. The molecule has 2 rings (SSSR count). The van der Waals surface area contributed by atoms with Gasteiger partial charge in [-0.2, -0.15) is 0 Å². The van der Waals surface area contributed by atoms with Gasteiger partial charge in [0.1, 0.15) is 0 Å². The van der Waals surface area contributed by atoms with E-state index >= 15 is 0 Å². The van der Waals surface area contributed by atoms with Crippen LogP contribution in [0.15, 0.2) is 24.3 Å². The van der Waals surface area contributed by atoms with E-state index in [1.54, 1.807) is 12.1 Å². The monoisotopic (exact) mass is 285 g/mol. The van der Waals surface area contributed by atoms with Gasteiger partial charge in [-0.3, -0.25) is 0 Å². The molecule has 0 radical (unpaired) electrons. The Balaban J connectivity index is 2.42. The van der Waals surface area contributed by atoms with Gasteiger partial charge in [0.05, 0.1) is 12.8 Å². The Labute approximate surface area is 124 Å². The number of aryl methyl sites for hydroxylation is 3. The second-order valence-electron chi connectivity index (χ2n) is 5.02. The van der Waals surface area contributed by atoms with Crippen molar-refractivity contribution in [1.29, 1.82) is 0 Å². The van der Waals surface area contributed by atoms with E-state index in [1.165, 1.54) is 12.7 Å². The average molecular weight is 285 g/mol. The van der Waals surface area contributed by atoms with Crippen LogP contribution in [0, 0.1) is 20.8 Å². The fourth-order valence-corrected chi connectivity index (χ4v) is 2.28. The van der Waals surface area contributed by atoms with E-state index in [4.69, 9.17) is 5.73 Å². The molecule has 0 amide bonds. The number of nitrogens with two attached hydrogens (primary N) is 1. The number of carbonyl (C=O) groups excluding carboxylic acids is 1. The number of hydrogen-bond acceptors (Lipinski definition) is 5. The van der Waals surface area contributed by atoms with Crippen LogP contribution < -0.4 is 11.1 Å². The van der Waals surface area contributed by atoms with Crippen LogP contribution in [-0.2, 0) is 4.74 Å². The minimum atomic E-state index is -0.490. The lowest BCUT2D eigenvalue weighted by molar-refractivity contribution is 0.0594. The zero-order valence-electron chi connectivity index (χ0n) is 12.7. The predicted molar refractivity (Wildman–Crippen MR) is 83.9 cm³/mol. The summed E-state index contributed by atoms with van der Waals surface area (Å²) in [5, 5.41) is 3.21. The minimum Gasteiger partial charge on any atom is -0.464 e. The summed E-state index contributed by atoms with van der Waals surface area (Å²) in [7, 11) is 1.32. The highest BCUT2D eigenvalue weighted by Gasteiger charge is 2.12. The molecule has 0 bridgehead atoms.